The van der Waals surface area contributed by atoms with Crippen LogP contribution in [0.5, 0.6) is 0 Å². The van der Waals surface area contributed by atoms with Crippen molar-refractivity contribution < 1.29 is 4.79 Å². The number of hydrogen-bond donors (Lipinski definition) is 0. The molecule has 0 saturated carbocycles. The minimum atomic E-state index is 0.196. The van der Waals surface area contributed by atoms with Gasteiger partial charge in [0.2, 0.25) is 0 Å². The topological polar surface area (TPSA) is 20.3 Å². The van der Waals surface area contributed by atoms with Crippen molar-refractivity contribution in [2.45, 2.75) is 23.8 Å². The normalized spacial score (nSPS) is 19.0. The van der Waals surface area contributed by atoms with Crippen molar-refractivity contribution in [2.24, 2.45) is 5.92 Å². The molecule has 0 aliphatic carbocycles. The van der Waals surface area contributed by atoms with Gasteiger partial charge in [-0.1, -0.05) is 42.5 Å². The standard InChI is InChI=1S/C22H25NOS2/c24-21(19-6-8-20(9-7-19)22-25-14-15-26-22)23-12-10-18(11-13-23)16-17-4-2-1-3-5-17/h1-9,18,22H,10-16H2. The molecule has 0 radical (unpaired) electrons. The first kappa shape index (κ1) is 18.0. The summed E-state index contributed by atoms with van der Waals surface area (Å²) in [7, 11) is 0. The maximum Gasteiger partial charge on any atom is 0.253 e. The number of hydrogen-bond acceptors (Lipinski definition) is 3. The molecule has 1 amide bonds. The predicted molar refractivity (Wildman–Crippen MR) is 113 cm³/mol. The molecule has 0 N–H and O–H groups in total. The Labute approximate surface area is 164 Å². The zero-order chi connectivity index (χ0) is 17.8. The SMILES string of the molecule is O=C(c1ccc(C2SCCS2)cc1)N1CCC(Cc2ccccc2)CC1. The van der Waals surface area contributed by atoms with Gasteiger partial charge in [-0.25, -0.2) is 0 Å². The quantitative estimate of drug-likeness (QED) is 0.718. The van der Waals surface area contributed by atoms with Crippen LogP contribution in [-0.2, 0) is 6.42 Å². The molecule has 2 aromatic rings. The minimum absolute atomic E-state index is 0.196. The Morgan fingerprint density at radius 2 is 1.58 bits per heavy atom. The molecule has 0 bridgehead atoms. The van der Waals surface area contributed by atoms with Gasteiger partial charge in [0.15, 0.2) is 0 Å². The lowest BCUT2D eigenvalue weighted by molar-refractivity contribution is 0.0690. The Morgan fingerprint density at radius 1 is 0.923 bits per heavy atom. The van der Waals surface area contributed by atoms with Crippen molar-refractivity contribution in [3.63, 3.8) is 0 Å². The molecule has 0 aromatic heterocycles. The maximum absolute atomic E-state index is 12.8. The highest BCUT2D eigenvalue weighted by Gasteiger charge is 2.24. The Morgan fingerprint density at radius 3 is 2.23 bits per heavy atom. The second kappa shape index (κ2) is 8.53. The van der Waals surface area contributed by atoms with E-state index in [0.29, 0.717) is 10.5 Å². The molecule has 2 saturated heterocycles. The zero-order valence-electron chi connectivity index (χ0n) is 15.0. The third kappa shape index (κ3) is 4.29. The average molecular weight is 384 g/mol. The highest BCUT2D eigenvalue weighted by molar-refractivity contribution is 8.19. The molecule has 26 heavy (non-hydrogen) atoms. The van der Waals surface area contributed by atoms with Gasteiger partial charge in [-0.15, -0.1) is 23.5 Å². The van der Waals surface area contributed by atoms with Gasteiger partial charge < -0.3 is 4.90 Å². The summed E-state index contributed by atoms with van der Waals surface area (Å²) in [5.74, 6) is 3.35. The number of benzene rings is 2. The first-order chi connectivity index (χ1) is 12.8. The molecule has 0 unspecified atom stereocenters. The molecule has 2 aliphatic rings. The van der Waals surface area contributed by atoms with Crippen molar-refractivity contribution in [2.75, 3.05) is 24.6 Å². The maximum atomic E-state index is 12.8. The number of piperidine rings is 1. The van der Waals surface area contributed by atoms with Gasteiger partial charge >= 0.3 is 0 Å². The molecule has 4 rings (SSSR count). The Kier molecular flexibility index (Phi) is 5.91. The third-order valence-electron chi connectivity index (χ3n) is 5.32. The Bertz CT molecular complexity index is 718. The van der Waals surface area contributed by atoms with Gasteiger partial charge in [-0.3, -0.25) is 4.79 Å². The number of thioether (sulfide) groups is 2. The second-order valence-electron chi connectivity index (χ2n) is 7.12. The molecule has 4 heteroatoms. The number of amides is 1. The fourth-order valence-electron chi connectivity index (χ4n) is 3.80. The third-order valence-corrected chi connectivity index (χ3v) is 8.42. The van der Waals surface area contributed by atoms with E-state index in [1.807, 2.05) is 40.6 Å². The fourth-order valence-corrected chi connectivity index (χ4v) is 6.66. The Balaban J connectivity index is 1.31. The van der Waals surface area contributed by atoms with Gasteiger partial charge in [0.25, 0.3) is 5.91 Å². The van der Waals surface area contributed by atoms with Crippen LogP contribution in [0.4, 0.5) is 0 Å². The number of nitrogens with zero attached hydrogens (tertiary/aromatic N) is 1. The number of carbonyl (C=O) groups is 1. The molecule has 2 aliphatic heterocycles. The van der Waals surface area contributed by atoms with Gasteiger partial charge in [-0.05, 0) is 48.4 Å². The molecule has 2 nitrogen and oxygen atoms in total. The fraction of sp³-hybridized carbons (Fsp3) is 0.409. The van der Waals surface area contributed by atoms with Gasteiger partial charge in [0.05, 0.1) is 4.58 Å². The predicted octanol–water partition coefficient (Wildman–Crippen LogP) is 5.26. The van der Waals surface area contributed by atoms with E-state index in [-0.39, 0.29) is 5.91 Å². The molecule has 2 aromatic carbocycles. The van der Waals surface area contributed by atoms with Crippen molar-refractivity contribution >= 4 is 29.4 Å². The second-order valence-corrected chi connectivity index (χ2v) is 9.85. The van der Waals surface area contributed by atoms with E-state index in [4.69, 9.17) is 0 Å². The smallest absolute Gasteiger partial charge is 0.253 e. The van der Waals surface area contributed by atoms with Crippen molar-refractivity contribution in [1.29, 1.82) is 0 Å². The highest BCUT2D eigenvalue weighted by atomic mass is 32.2. The van der Waals surface area contributed by atoms with E-state index in [1.165, 1.54) is 22.6 Å². The van der Waals surface area contributed by atoms with Gasteiger partial charge in [-0.2, -0.15) is 0 Å². The highest BCUT2D eigenvalue weighted by Crippen LogP contribution is 2.45. The Hall–Kier alpha value is -1.39. The first-order valence-corrected chi connectivity index (χ1v) is 11.6. The van der Waals surface area contributed by atoms with Crippen LogP contribution >= 0.6 is 23.5 Å². The lowest BCUT2D eigenvalue weighted by Gasteiger charge is -2.32. The van der Waals surface area contributed by atoms with E-state index < -0.39 is 0 Å². The number of carbonyl (C=O) groups excluding carboxylic acids is 1. The van der Waals surface area contributed by atoms with E-state index in [1.54, 1.807) is 0 Å². The van der Waals surface area contributed by atoms with Crippen LogP contribution in [0.3, 0.4) is 0 Å². The molecular formula is C22H25NOS2. The van der Waals surface area contributed by atoms with Crippen molar-refractivity contribution in [1.82, 2.24) is 4.90 Å². The van der Waals surface area contributed by atoms with E-state index in [9.17, 15) is 4.79 Å². The number of rotatable bonds is 4. The monoisotopic (exact) mass is 383 g/mol. The van der Waals surface area contributed by atoms with Crippen LogP contribution in [0.1, 0.15) is 38.9 Å². The summed E-state index contributed by atoms with van der Waals surface area (Å²) in [4.78, 5) is 14.9. The summed E-state index contributed by atoms with van der Waals surface area (Å²) in [6.45, 7) is 1.76. The molecule has 2 heterocycles. The summed E-state index contributed by atoms with van der Waals surface area (Å²) >= 11 is 4.01. The van der Waals surface area contributed by atoms with Gasteiger partial charge in [0.1, 0.15) is 0 Å². The average Bonchev–Trinajstić information content (AvgIpc) is 3.24. The van der Waals surface area contributed by atoms with Crippen LogP contribution in [0.15, 0.2) is 54.6 Å². The van der Waals surface area contributed by atoms with Crippen molar-refractivity contribution in [3.05, 3.63) is 71.3 Å². The largest absolute Gasteiger partial charge is 0.339 e. The molecule has 0 atom stereocenters. The summed E-state index contributed by atoms with van der Waals surface area (Å²) in [6, 6.07) is 19.0. The lowest BCUT2D eigenvalue weighted by Crippen LogP contribution is -2.38. The summed E-state index contributed by atoms with van der Waals surface area (Å²) < 4.78 is 0.549. The van der Waals surface area contributed by atoms with E-state index in [2.05, 4.69) is 42.5 Å². The van der Waals surface area contributed by atoms with Crippen LogP contribution in [0, 0.1) is 5.92 Å². The zero-order valence-corrected chi connectivity index (χ0v) is 16.6. The molecule has 136 valence electrons. The van der Waals surface area contributed by atoms with Crippen LogP contribution < -0.4 is 0 Å². The summed E-state index contributed by atoms with van der Waals surface area (Å²) in [6.07, 6.45) is 3.34. The molecular weight excluding hydrogens is 358 g/mol. The van der Waals surface area contributed by atoms with E-state index in [0.717, 1.165) is 37.9 Å². The summed E-state index contributed by atoms with van der Waals surface area (Å²) in [5.41, 5.74) is 3.59. The van der Waals surface area contributed by atoms with Gasteiger partial charge in [0, 0.05) is 30.2 Å². The lowest BCUT2D eigenvalue weighted by atomic mass is 9.90. The van der Waals surface area contributed by atoms with Crippen LogP contribution in [-0.4, -0.2) is 35.4 Å². The first-order valence-electron chi connectivity index (χ1n) is 9.46. The van der Waals surface area contributed by atoms with Crippen LogP contribution in [0.25, 0.3) is 0 Å². The van der Waals surface area contributed by atoms with Crippen LogP contribution in [0.2, 0.25) is 0 Å². The molecule has 0 spiro atoms. The van der Waals surface area contributed by atoms with Crippen molar-refractivity contribution in [3.8, 4) is 0 Å². The molecule has 2 fully saturated rings. The van der Waals surface area contributed by atoms with E-state index >= 15 is 0 Å². The summed E-state index contributed by atoms with van der Waals surface area (Å²) in [5, 5.41) is 0. The minimum Gasteiger partial charge on any atom is -0.339 e. The number of likely N-dealkylation sites (tertiary alicyclic amines) is 1.